The molecular formula is C13H17NO2. The minimum absolute atomic E-state index is 0.167. The number of aromatic nitrogens is 1. The van der Waals surface area contributed by atoms with Gasteiger partial charge in [-0.05, 0) is 30.9 Å². The summed E-state index contributed by atoms with van der Waals surface area (Å²) in [7, 11) is 0. The summed E-state index contributed by atoms with van der Waals surface area (Å²) in [6.45, 7) is 1.14. The van der Waals surface area contributed by atoms with Gasteiger partial charge < -0.3 is 9.84 Å². The summed E-state index contributed by atoms with van der Waals surface area (Å²) in [5, 5.41) is 10.6. The van der Waals surface area contributed by atoms with E-state index in [9.17, 15) is 5.11 Å². The van der Waals surface area contributed by atoms with Crippen molar-refractivity contribution in [3.63, 3.8) is 0 Å². The number of ether oxygens (including phenoxy) is 1. The van der Waals surface area contributed by atoms with Gasteiger partial charge in [-0.25, -0.2) is 0 Å². The number of nitrogens with zero attached hydrogens (tertiary/aromatic N) is 1. The van der Waals surface area contributed by atoms with Crippen LogP contribution in [0.15, 0.2) is 18.3 Å². The average Bonchev–Trinajstić information content (AvgIpc) is 2.77. The Bertz CT molecular complexity index is 385. The van der Waals surface area contributed by atoms with Crippen LogP contribution in [0.25, 0.3) is 0 Å². The molecule has 0 amide bonds. The molecule has 1 N–H and O–H groups in total. The van der Waals surface area contributed by atoms with E-state index in [1.165, 1.54) is 5.56 Å². The molecule has 1 aromatic heterocycles. The van der Waals surface area contributed by atoms with Gasteiger partial charge in [-0.2, -0.15) is 0 Å². The van der Waals surface area contributed by atoms with Crippen LogP contribution < -0.4 is 0 Å². The number of aliphatic hydroxyl groups is 1. The summed E-state index contributed by atoms with van der Waals surface area (Å²) >= 11 is 0. The first-order valence-electron chi connectivity index (χ1n) is 6.03. The van der Waals surface area contributed by atoms with Gasteiger partial charge in [0.05, 0.1) is 12.2 Å². The smallest absolute Gasteiger partial charge is 0.0985 e. The molecule has 1 aliphatic carbocycles. The van der Waals surface area contributed by atoms with Crippen molar-refractivity contribution in [2.75, 3.05) is 13.2 Å². The lowest BCUT2D eigenvalue weighted by Crippen LogP contribution is -2.39. The van der Waals surface area contributed by atoms with Gasteiger partial charge in [0, 0.05) is 30.8 Å². The van der Waals surface area contributed by atoms with Crippen molar-refractivity contribution in [3.8, 4) is 0 Å². The second-order valence-electron chi connectivity index (χ2n) is 4.90. The number of rotatable bonds is 1. The Hall–Kier alpha value is -0.930. The molecular weight excluding hydrogens is 202 g/mol. The molecule has 16 heavy (non-hydrogen) atoms. The molecule has 0 spiro atoms. The predicted octanol–water partition coefficient (Wildman–Crippen LogP) is 1.65. The molecule has 1 aromatic rings. The largest absolute Gasteiger partial charge is 0.387 e. The Morgan fingerprint density at radius 1 is 1.50 bits per heavy atom. The number of hydrogen-bond donors (Lipinski definition) is 1. The van der Waals surface area contributed by atoms with E-state index < -0.39 is 5.60 Å². The summed E-state index contributed by atoms with van der Waals surface area (Å²) in [5.41, 5.74) is 1.73. The number of fused-ring (bicyclic) bond motifs is 1. The molecule has 1 saturated heterocycles. The second-order valence-corrected chi connectivity index (χ2v) is 4.90. The first-order chi connectivity index (χ1) is 7.80. The van der Waals surface area contributed by atoms with Gasteiger partial charge in [0.2, 0.25) is 0 Å². The van der Waals surface area contributed by atoms with Gasteiger partial charge in [0.15, 0.2) is 0 Å². The zero-order chi connectivity index (χ0) is 11.0. The van der Waals surface area contributed by atoms with Crippen molar-refractivity contribution in [2.45, 2.75) is 37.2 Å². The Kier molecular flexibility index (Phi) is 2.45. The SMILES string of the molecule is OC1(C2CCCc3cccnc32)CCOC1. The lowest BCUT2D eigenvalue weighted by molar-refractivity contribution is -0.00390. The molecule has 0 aromatic carbocycles. The third kappa shape index (κ3) is 1.55. The number of aryl methyl sites for hydroxylation is 1. The molecule has 86 valence electrons. The average molecular weight is 219 g/mol. The predicted molar refractivity (Wildman–Crippen MR) is 60.3 cm³/mol. The van der Waals surface area contributed by atoms with Crippen LogP contribution >= 0.6 is 0 Å². The van der Waals surface area contributed by atoms with Crippen LogP contribution in [-0.4, -0.2) is 28.9 Å². The van der Waals surface area contributed by atoms with E-state index in [2.05, 4.69) is 11.1 Å². The summed E-state index contributed by atoms with van der Waals surface area (Å²) in [6.07, 6.45) is 5.84. The fourth-order valence-corrected chi connectivity index (χ4v) is 2.98. The monoisotopic (exact) mass is 219 g/mol. The molecule has 0 radical (unpaired) electrons. The number of hydrogen-bond acceptors (Lipinski definition) is 3. The maximum absolute atomic E-state index is 10.6. The van der Waals surface area contributed by atoms with Crippen LogP contribution in [0, 0.1) is 0 Å². The zero-order valence-corrected chi connectivity index (χ0v) is 9.35. The van der Waals surface area contributed by atoms with E-state index in [0.717, 1.165) is 31.4 Å². The van der Waals surface area contributed by atoms with Crippen LogP contribution in [0.1, 0.15) is 36.4 Å². The maximum Gasteiger partial charge on any atom is 0.0985 e. The van der Waals surface area contributed by atoms with Crippen LogP contribution in [0.2, 0.25) is 0 Å². The minimum Gasteiger partial charge on any atom is -0.387 e. The zero-order valence-electron chi connectivity index (χ0n) is 9.35. The van der Waals surface area contributed by atoms with Crippen molar-refractivity contribution in [3.05, 3.63) is 29.6 Å². The van der Waals surface area contributed by atoms with Crippen molar-refractivity contribution in [1.82, 2.24) is 4.98 Å². The van der Waals surface area contributed by atoms with Crippen LogP contribution in [0.5, 0.6) is 0 Å². The van der Waals surface area contributed by atoms with Gasteiger partial charge >= 0.3 is 0 Å². The van der Waals surface area contributed by atoms with Crippen molar-refractivity contribution in [1.29, 1.82) is 0 Å². The minimum atomic E-state index is -0.677. The molecule has 2 aliphatic rings. The van der Waals surface area contributed by atoms with Crippen LogP contribution in [0.4, 0.5) is 0 Å². The molecule has 3 rings (SSSR count). The molecule has 2 unspecified atom stereocenters. The van der Waals surface area contributed by atoms with Gasteiger partial charge in [-0.15, -0.1) is 0 Å². The molecule has 3 heteroatoms. The van der Waals surface area contributed by atoms with Crippen molar-refractivity contribution < 1.29 is 9.84 Å². The highest BCUT2D eigenvalue weighted by Gasteiger charge is 2.43. The van der Waals surface area contributed by atoms with E-state index in [0.29, 0.717) is 13.2 Å². The van der Waals surface area contributed by atoms with Gasteiger partial charge in [0.25, 0.3) is 0 Å². The van der Waals surface area contributed by atoms with Gasteiger partial charge in [0.1, 0.15) is 0 Å². The third-order valence-electron chi connectivity index (χ3n) is 3.88. The quantitative estimate of drug-likeness (QED) is 0.781. The van der Waals surface area contributed by atoms with Crippen LogP contribution in [-0.2, 0) is 11.2 Å². The molecule has 1 aliphatic heterocycles. The van der Waals surface area contributed by atoms with E-state index in [1.54, 1.807) is 0 Å². The Morgan fingerprint density at radius 3 is 3.25 bits per heavy atom. The van der Waals surface area contributed by atoms with E-state index >= 15 is 0 Å². The normalized spacial score (nSPS) is 33.7. The van der Waals surface area contributed by atoms with Crippen molar-refractivity contribution in [2.24, 2.45) is 0 Å². The van der Waals surface area contributed by atoms with Crippen molar-refractivity contribution >= 4 is 0 Å². The standard InChI is InChI=1S/C13H17NO2/c15-13(6-8-16-9-13)11-5-1-3-10-4-2-7-14-12(10)11/h2,4,7,11,15H,1,3,5-6,8-9H2. The highest BCUT2D eigenvalue weighted by atomic mass is 16.5. The Balaban J connectivity index is 1.98. The summed E-state index contributed by atoms with van der Waals surface area (Å²) < 4.78 is 5.35. The summed E-state index contributed by atoms with van der Waals surface area (Å²) in [4.78, 5) is 4.47. The van der Waals surface area contributed by atoms with Gasteiger partial charge in [-0.1, -0.05) is 6.07 Å². The molecule has 3 nitrogen and oxygen atoms in total. The fraction of sp³-hybridized carbons (Fsp3) is 0.615. The topological polar surface area (TPSA) is 42.4 Å². The Morgan fingerprint density at radius 2 is 2.44 bits per heavy atom. The molecule has 0 saturated carbocycles. The van der Waals surface area contributed by atoms with E-state index in [1.807, 2.05) is 12.3 Å². The molecule has 2 heterocycles. The van der Waals surface area contributed by atoms with E-state index in [-0.39, 0.29) is 5.92 Å². The molecule has 2 atom stereocenters. The van der Waals surface area contributed by atoms with Crippen LogP contribution in [0.3, 0.4) is 0 Å². The molecule has 1 fully saturated rings. The lowest BCUT2D eigenvalue weighted by Gasteiger charge is -2.34. The highest BCUT2D eigenvalue weighted by molar-refractivity contribution is 5.29. The number of pyridine rings is 1. The van der Waals surface area contributed by atoms with E-state index in [4.69, 9.17) is 4.74 Å². The first-order valence-corrected chi connectivity index (χ1v) is 6.03. The summed E-state index contributed by atoms with van der Waals surface area (Å²) in [5.74, 6) is 0.167. The molecule has 0 bridgehead atoms. The maximum atomic E-state index is 10.6. The Labute approximate surface area is 95.5 Å². The first kappa shape index (κ1) is 10.2. The van der Waals surface area contributed by atoms with Gasteiger partial charge in [-0.3, -0.25) is 4.98 Å². The third-order valence-corrected chi connectivity index (χ3v) is 3.88. The second kappa shape index (κ2) is 3.82. The lowest BCUT2D eigenvalue weighted by atomic mass is 9.75. The highest BCUT2D eigenvalue weighted by Crippen LogP contribution is 2.41. The fourth-order valence-electron chi connectivity index (χ4n) is 2.98. The summed E-state index contributed by atoms with van der Waals surface area (Å²) in [6, 6.07) is 4.12.